The third-order valence-electron chi connectivity index (χ3n) is 6.96. The molecular weight excluding hydrogens is 435 g/mol. The Bertz CT molecular complexity index is 1430. The zero-order valence-corrected chi connectivity index (χ0v) is 19.5. The standard InChI is InChI=1S/C30H27FN4/c31-25-12-13-27-28(19-25)34-30(33-27)24-14-17-35(18-15-24)20-21-8-10-23(11-9-21)29-26(7-4-16-32-29)22-5-2-1-3-6-22/h1-13,16,19,24H,14-15,17-18,20H2,(H,33,34). The number of fused-ring (bicyclic) bond motifs is 1. The van der Waals surface area contributed by atoms with Gasteiger partial charge >= 0.3 is 0 Å². The van der Waals surface area contributed by atoms with Crippen LogP contribution >= 0.6 is 0 Å². The van der Waals surface area contributed by atoms with E-state index in [1.54, 1.807) is 6.07 Å². The van der Waals surface area contributed by atoms with Crippen molar-refractivity contribution in [2.45, 2.75) is 25.3 Å². The van der Waals surface area contributed by atoms with Crippen LogP contribution in [0.25, 0.3) is 33.4 Å². The quantitative estimate of drug-likeness (QED) is 0.312. The number of rotatable bonds is 5. The predicted octanol–water partition coefficient (Wildman–Crippen LogP) is 6.81. The summed E-state index contributed by atoms with van der Waals surface area (Å²) in [6.45, 7) is 2.98. The zero-order chi connectivity index (χ0) is 23.6. The van der Waals surface area contributed by atoms with Crippen molar-refractivity contribution < 1.29 is 4.39 Å². The molecule has 4 nitrogen and oxygen atoms in total. The van der Waals surface area contributed by atoms with Gasteiger partial charge in [-0.3, -0.25) is 9.88 Å². The van der Waals surface area contributed by atoms with Crippen LogP contribution in [0, 0.1) is 5.82 Å². The van der Waals surface area contributed by atoms with Crippen molar-refractivity contribution in [2.75, 3.05) is 13.1 Å². The minimum absolute atomic E-state index is 0.229. The van der Waals surface area contributed by atoms with Gasteiger partial charge in [-0.1, -0.05) is 60.7 Å². The predicted molar refractivity (Wildman–Crippen MR) is 138 cm³/mol. The fourth-order valence-corrected chi connectivity index (χ4v) is 5.07. The average Bonchev–Trinajstić information content (AvgIpc) is 3.33. The van der Waals surface area contributed by atoms with E-state index in [-0.39, 0.29) is 5.82 Å². The molecule has 1 saturated heterocycles. The first-order chi connectivity index (χ1) is 17.2. The van der Waals surface area contributed by atoms with E-state index in [0.717, 1.165) is 66.2 Å². The van der Waals surface area contributed by atoms with Crippen LogP contribution in [-0.2, 0) is 6.54 Å². The van der Waals surface area contributed by atoms with Crippen molar-refractivity contribution in [2.24, 2.45) is 0 Å². The van der Waals surface area contributed by atoms with Gasteiger partial charge in [-0.2, -0.15) is 0 Å². The number of imidazole rings is 1. The Kier molecular flexibility index (Phi) is 5.84. The van der Waals surface area contributed by atoms with Crippen LogP contribution in [0.4, 0.5) is 4.39 Å². The van der Waals surface area contributed by atoms with Crippen molar-refractivity contribution in [3.63, 3.8) is 0 Å². The third kappa shape index (κ3) is 4.60. The summed E-state index contributed by atoms with van der Waals surface area (Å²) in [5.74, 6) is 1.15. The molecule has 35 heavy (non-hydrogen) atoms. The van der Waals surface area contributed by atoms with Crippen molar-refractivity contribution in [1.82, 2.24) is 19.9 Å². The van der Waals surface area contributed by atoms with Crippen LogP contribution in [0.5, 0.6) is 0 Å². The summed E-state index contributed by atoms with van der Waals surface area (Å²) in [6.07, 6.45) is 3.96. The highest BCUT2D eigenvalue weighted by Gasteiger charge is 2.23. The maximum absolute atomic E-state index is 13.5. The van der Waals surface area contributed by atoms with E-state index >= 15 is 0 Å². The van der Waals surface area contributed by atoms with E-state index in [2.05, 4.69) is 69.5 Å². The van der Waals surface area contributed by atoms with E-state index in [1.807, 2.05) is 18.3 Å². The van der Waals surface area contributed by atoms with E-state index in [1.165, 1.54) is 23.3 Å². The normalized spacial score (nSPS) is 15.0. The molecule has 5 heteroatoms. The van der Waals surface area contributed by atoms with Gasteiger partial charge in [-0.25, -0.2) is 9.37 Å². The SMILES string of the molecule is Fc1ccc2nc(C3CCN(Cc4ccc(-c5ncccc5-c5ccccc5)cc4)CC3)[nH]c2c1. The fraction of sp³-hybridized carbons (Fsp3) is 0.200. The number of H-pyrrole nitrogens is 1. The lowest BCUT2D eigenvalue weighted by Crippen LogP contribution is -2.32. The number of halogens is 1. The molecule has 0 aliphatic carbocycles. The van der Waals surface area contributed by atoms with E-state index in [0.29, 0.717) is 5.92 Å². The molecule has 5 aromatic rings. The third-order valence-corrected chi connectivity index (χ3v) is 6.96. The minimum Gasteiger partial charge on any atom is -0.342 e. The molecule has 1 aliphatic heterocycles. The summed E-state index contributed by atoms with van der Waals surface area (Å²) >= 11 is 0. The lowest BCUT2D eigenvalue weighted by molar-refractivity contribution is 0.202. The Morgan fingerprint density at radius 1 is 0.857 bits per heavy atom. The molecule has 1 fully saturated rings. The number of likely N-dealkylation sites (tertiary alicyclic amines) is 1. The van der Waals surface area contributed by atoms with Gasteiger partial charge in [0.1, 0.15) is 11.6 Å². The number of piperidine rings is 1. The summed E-state index contributed by atoms with van der Waals surface area (Å²) in [7, 11) is 0. The van der Waals surface area contributed by atoms with E-state index in [9.17, 15) is 4.39 Å². The highest BCUT2D eigenvalue weighted by Crippen LogP contribution is 2.31. The van der Waals surface area contributed by atoms with Gasteiger partial charge in [-0.15, -0.1) is 0 Å². The average molecular weight is 463 g/mol. The van der Waals surface area contributed by atoms with Gasteiger partial charge in [0.05, 0.1) is 16.7 Å². The lowest BCUT2D eigenvalue weighted by Gasteiger charge is -2.31. The second-order valence-corrected chi connectivity index (χ2v) is 9.30. The van der Waals surface area contributed by atoms with Gasteiger partial charge in [0.2, 0.25) is 0 Å². The minimum atomic E-state index is -0.229. The first kappa shape index (κ1) is 21.7. The van der Waals surface area contributed by atoms with Gasteiger partial charge in [0.15, 0.2) is 0 Å². The molecule has 6 rings (SSSR count). The molecule has 0 saturated carbocycles. The number of hydrogen-bond donors (Lipinski definition) is 1. The molecule has 0 spiro atoms. The smallest absolute Gasteiger partial charge is 0.125 e. The number of nitrogens with one attached hydrogen (secondary N) is 1. The largest absolute Gasteiger partial charge is 0.342 e. The number of pyridine rings is 1. The van der Waals surface area contributed by atoms with Gasteiger partial charge in [0, 0.05) is 29.8 Å². The summed E-state index contributed by atoms with van der Waals surface area (Å²) in [5, 5.41) is 0. The van der Waals surface area contributed by atoms with Crippen LogP contribution < -0.4 is 0 Å². The number of aromatic nitrogens is 3. The molecule has 174 valence electrons. The fourth-order valence-electron chi connectivity index (χ4n) is 5.07. The Morgan fingerprint density at radius 2 is 1.66 bits per heavy atom. The monoisotopic (exact) mass is 462 g/mol. The molecule has 0 unspecified atom stereocenters. The van der Waals surface area contributed by atoms with Crippen molar-refractivity contribution in [1.29, 1.82) is 0 Å². The maximum Gasteiger partial charge on any atom is 0.125 e. The molecule has 1 aliphatic rings. The number of benzene rings is 3. The summed E-state index contributed by atoms with van der Waals surface area (Å²) < 4.78 is 13.5. The van der Waals surface area contributed by atoms with Gasteiger partial charge in [-0.05, 0) is 61.3 Å². The summed E-state index contributed by atoms with van der Waals surface area (Å²) in [5.41, 5.74) is 7.40. The first-order valence-electron chi connectivity index (χ1n) is 12.2. The second kappa shape index (κ2) is 9.43. The van der Waals surface area contributed by atoms with Crippen LogP contribution in [-0.4, -0.2) is 32.9 Å². The van der Waals surface area contributed by atoms with Crippen molar-refractivity contribution in [3.05, 3.63) is 108 Å². The van der Waals surface area contributed by atoms with Crippen molar-refractivity contribution in [3.8, 4) is 22.4 Å². The van der Waals surface area contributed by atoms with Crippen LogP contribution in [0.2, 0.25) is 0 Å². The highest BCUT2D eigenvalue weighted by atomic mass is 19.1. The Balaban J connectivity index is 1.11. The lowest BCUT2D eigenvalue weighted by atomic mass is 9.95. The van der Waals surface area contributed by atoms with E-state index < -0.39 is 0 Å². The molecule has 0 radical (unpaired) electrons. The van der Waals surface area contributed by atoms with Crippen LogP contribution in [0.3, 0.4) is 0 Å². The molecule has 0 bridgehead atoms. The molecule has 0 amide bonds. The van der Waals surface area contributed by atoms with Gasteiger partial charge in [0.25, 0.3) is 0 Å². The zero-order valence-electron chi connectivity index (χ0n) is 19.5. The molecule has 3 aromatic carbocycles. The number of aromatic amines is 1. The second-order valence-electron chi connectivity index (χ2n) is 9.30. The number of nitrogens with zero attached hydrogens (tertiary/aromatic N) is 3. The van der Waals surface area contributed by atoms with Crippen molar-refractivity contribution >= 4 is 11.0 Å². The first-order valence-corrected chi connectivity index (χ1v) is 12.2. The highest BCUT2D eigenvalue weighted by molar-refractivity contribution is 5.80. The molecule has 0 atom stereocenters. The van der Waals surface area contributed by atoms with Gasteiger partial charge < -0.3 is 4.98 Å². The maximum atomic E-state index is 13.5. The topological polar surface area (TPSA) is 44.8 Å². The Labute approximate surface area is 204 Å². The molecule has 3 heterocycles. The summed E-state index contributed by atoms with van der Waals surface area (Å²) in [6, 6.07) is 28.1. The number of hydrogen-bond acceptors (Lipinski definition) is 3. The molecular formula is C30H27FN4. The Morgan fingerprint density at radius 3 is 2.46 bits per heavy atom. The van der Waals surface area contributed by atoms with Crippen LogP contribution in [0.15, 0.2) is 91.1 Å². The molecule has 1 N–H and O–H groups in total. The Hall–Kier alpha value is -3.83. The van der Waals surface area contributed by atoms with Crippen LogP contribution in [0.1, 0.15) is 30.1 Å². The summed E-state index contributed by atoms with van der Waals surface area (Å²) in [4.78, 5) is 15.2. The molecule has 2 aromatic heterocycles. The van der Waals surface area contributed by atoms with E-state index in [4.69, 9.17) is 4.98 Å².